The van der Waals surface area contributed by atoms with Gasteiger partial charge in [-0.25, -0.2) is 0 Å². The molecule has 0 aromatic heterocycles. The fourth-order valence-electron chi connectivity index (χ4n) is 4.94. The van der Waals surface area contributed by atoms with Crippen molar-refractivity contribution in [3.63, 3.8) is 0 Å². The van der Waals surface area contributed by atoms with Gasteiger partial charge < -0.3 is 20.3 Å². The average molecular weight is 499 g/mol. The number of allylic oxidation sites excluding steroid dienone is 1. The Balaban J connectivity index is 1.38. The summed E-state index contributed by atoms with van der Waals surface area (Å²) in [6.45, 7) is 7.44. The van der Waals surface area contributed by atoms with E-state index in [2.05, 4.69) is 16.9 Å². The van der Waals surface area contributed by atoms with Crippen LogP contribution in [0.3, 0.4) is 0 Å². The van der Waals surface area contributed by atoms with Crippen molar-refractivity contribution >= 4 is 12.1 Å². The van der Waals surface area contributed by atoms with Crippen LogP contribution in [0.2, 0.25) is 0 Å². The lowest BCUT2D eigenvalue weighted by molar-refractivity contribution is -0.135. The molecule has 1 saturated heterocycles. The molecule has 0 spiro atoms. The summed E-state index contributed by atoms with van der Waals surface area (Å²) in [6.07, 6.45) is 0.959. The molecule has 192 valence electrons. The van der Waals surface area contributed by atoms with Crippen LogP contribution in [0.25, 0.3) is 0 Å². The first-order valence-corrected chi connectivity index (χ1v) is 12.2. The number of fused-ring (bicyclic) bond motifs is 1. The molecule has 36 heavy (non-hydrogen) atoms. The molecular formula is C28H32F2N2O4. The van der Waals surface area contributed by atoms with Crippen molar-refractivity contribution in [3.8, 4) is 5.75 Å². The number of aliphatic imine (C=N–C) groups is 1. The van der Waals surface area contributed by atoms with Crippen molar-refractivity contribution in [1.82, 2.24) is 5.32 Å². The molecule has 6 nitrogen and oxygen atoms in total. The highest BCUT2D eigenvalue weighted by Gasteiger charge is 2.42. The van der Waals surface area contributed by atoms with Crippen molar-refractivity contribution in [1.29, 1.82) is 0 Å². The number of piperidine rings is 1. The molecule has 4 unspecified atom stereocenters. The van der Waals surface area contributed by atoms with E-state index in [0.717, 1.165) is 22.9 Å². The summed E-state index contributed by atoms with van der Waals surface area (Å²) in [4.78, 5) is 16.5. The van der Waals surface area contributed by atoms with Gasteiger partial charge in [-0.15, -0.1) is 0 Å². The van der Waals surface area contributed by atoms with Gasteiger partial charge in [0.15, 0.2) is 0 Å². The van der Waals surface area contributed by atoms with Crippen LogP contribution in [0.4, 0.5) is 8.78 Å². The molecule has 1 amide bonds. The maximum absolute atomic E-state index is 14.9. The van der Waals surface area contributed by atoms with E-state index in [-0.39, 0.29) is 36.0 Å². The minimum Gasteiger partial charge on any atom is -0.491 e. The summed E-state index contributed by atoms with van der Waals surface area (Å²) < 4.78 is 35.2. The third kappa shape index (κ3) is 5.50. The van der Waals surface area contributed by atoms with Gasteiger partial charge in [-0.3, -0.25) is 9.79 Å². The maximum atomic E-state index is 14.9. The number of benzene rings is 2. The number of carbonyl (C=O) groups is 1. The highest BCUT2D eigenvalue weighted by Crippen LogP contribution is 2.43. The standard InChI is InChI=1S/C28H32F2N2O4/c1-16(2)36-21-7-5-20(6-8-21)28(29,30)17(3)14-31-15-18-4-9-22-19(12-18)13-24(26(22)34)23-10-11-25(33)32-27(23)35/h4-9,12,14,16,23-26,33-34H,3,10-11,13,15H2,1-2H3,(H,32,35)/b31-14+. The van der Waals surface area contributed by atoms with E-state index in [1.807, 2.05) is 26.0 Å². The van der Waals surface area contributed by atoms with Gasteiger partial charge in [0, 0.05) is 29.2 Å². The Labute approximate surface area is 209 Å². The number of alkyl halides is 2. The van der Waals surface area contributed by atoms with Crippen LogP contribution in [0.1, 0.15) is 55.0 Å². The zero-order valence-electron chi connectivity index (χ0n) is 20.5. The topological polar surface area (TPSA) is 91.2 Å². The minimum absolute atomic E-state index is 0.0485. The summed E-state index contributed by atoms with van der Waals surface area (Å²) in [5.74, 6) is -3.62. The lowest BCUT2D eigenvalue weighted by Crippen LogP contribution is -2.46. The third-order valence-electron chi connectivity index (χ3n) is 6.81. The fourth-order valence-corrected chi connectivity index (χ4v) is 4.94. The number of halogens is 2. The minimum atomic E-state index is -3.27. The Hall–Kier alpha value is -3.10. The number of ether oxygens (including phenoxy) is 1. The first-order valence-electron chi connectivity index (χ1n) is 12.2. The zero-order valence-corrected chi connectivity index (χ0v) is 20.5. The summed E-state index contributed by atoms with van der Waals surface area (Å²) >= 11 is 0. The predicted molar refractivity (Wildman–Crippen MR) is 133 cm³/mol. The van der Waals surface area contributed by atoms with Crippen LogP contribution in [0, 0.1) is 11.8 Å². The number of nitrogens with zero attached hydrogens (tertiary/aromatic N) is 1. The molecule has 0 radical (unpaired) electrons. The van der Waals surface area contributed by atoms with E-state index >= 15 is 0 Å². The van der Waals surface area contributed by atoms with Gasteiger partial charge >= 0.3 is 0 Å². The lowest BCUT2D eigenvalue weighted by atomic mass is 9.82. The molecule has 8 heteroatoms. The molecule has 2 aliphatic rings. The molecule has 2 aromatic rings. The molecule has 1 fully saturated rings. The van der Waals surface area contributed by atoms with E-state index in [1.54, 1.807) is 6.07 Å². The smallest absolute Gasteiger partial charge is 0.299 e. The van der Waals surface area contributed by atoms with Gasteiger partial charge in [0.2, 0.25) is 5.91 Å². The molecule has 4 atom stereocenters. The molecule has 1 aliphatic carbocycles. The Bertz CT molecular complexity index is 1150. The molecule has 1 heterocycles. The summed E-state index contributed by atoms with van der Waals surface area (Å²) in [6, 6.07) is 11.2. The van der Waals surface area contributed by atoms with E-state index in [4.69, 9.17) is 4.74 Å². The molecule has 4 rings (SSSR count). The number of hydrogen-bond donors (Lipinski definition) is 3. The number of aliphatic hydroxyl groups is 2. The first-order chi connectivity index (χ1) is 17.1. The molecule has 3 N–H and O–H groups in total. The SMILES string of the molecule is C=C(/C=N/Cc1ccc2c(c1)CC(C1CCC(O)NC1=O)C2O)C(F)(F)c1ccc(OC(C)C)cc1. The fraction of sp³-hybridized carbons (Fsp3) is 0.429. The first kappa shape index (κ1) is 26.0. The molecule has 2 aromatic carbocycles. The zero-order chi connectivity index (χ0) is 26.0. The third-order valence-corrected chi connectivity index (χ3v) is 6.81. The second-order valence-corrected chi connectivity index (χ2v) is 9.81. The monoisotopic (exact) mass is 498 g/mol. The van der Waals surface area contributed by atoms with Crippen LogP contribution in [0.5, 0.6) is 5.75 Å². The lowest BCUT2D eigenvalue weighted by Gasteiger charge is -2.31. The van der Waals surface area contributed by atoms with Gasteiger partial charge in [0.1, 0.15) is 12.0 Å². The molecule has 0 saturated carbocycles. The van der Waals surface area contributed by atoms with Crippen LogP contribution < -0.4 is 10.1 Å². The number of nitrogens with one attached hydrogen (secondary N) is 1. The average Bonchev–Trinajstić information content (AvgIpc) is 3.14. The largest absolute Gasteiger partial charge is 0.491 e. The Morgan fingerprint density at radius 3 is 2.61 bits per heavy atom. The quantitative estimate of drug-likeness (QED) is 0.469. The number of hydrogen-bond acceptors (Lipinski definition) is 5. The van der Waals surface area contributed by atoms with Crippen molar-refractivity contribution < 1.29 is 28.5 Å². The van der Waals surface area contributed by atoms with Crippen LogP contribution in [-0.4, -0.2) is 34.7 Å². The predicted octanol–water partition coefficient (Wildman–Crippen LogP) is 4.44. The van der Waals surface area contributed by atoms with E-state index < -0.39 is 23.8 Å². The highest BCUT2D eigenvalue weighted by atomic mass is 19.3. The number of rotatable bonds is 8. The van der Waals surface area contributed by atoms with Crippen LogP contribution >= 0.6 is 0 Å². The maximum Gasteiger partial charge on any atom is 0.299 e. The van der Waals surface area contributed by atoms with Gasteiger partial charge in [-0.1, -0.05) is 24.8 Å². The van der Waals surface area contributed by atoms with Crippen molar-refractivity contribution in [2.24, 2.45) is 16.8 Å². The number of aliphatic hydroxyl groups excluding tert-OH is 2. The van der Waals surface area contributed by atoms with Crippen LogP contribution in [-0.2, 0) is 23.7 Å². The van der Waals surface area contributed by atoms with Gasteiger partial charge in [0.05, 0.1) is 18.8 Å². The Morgan fingerprint density at radius 2 is 1.94 bits per heavy atom. The van der Waals surface area contributed by atoms with Gasteiger partial charge in [-0.2, -0.15) is 8.78 Å². The van der Waals surface area contributed by atoms with Crippen molar-refractivity contribution in [3.05, 3.63) is 76.9 Å². The second kappa shape index (κ2) is 10.5. The van der Waals surface area contributed by atoms with Crippen LogP contribution in [0.15, 0.2) is 59.6 Å². The highest BCUT2D eigenvalue weighted by molar-refractivity contribution is 5.81. The Morgan fingerprint density at radius 1 is 1.22 bits per heavy atom. The molecule has 0 bridgehead atoms. The van der Waals surface area contributed by atoms with Crippen molar-refractivity contribution in [2.75, 3.05) is 0 Å². The Kier molecular flexibility index (Phi) is 7.57. The van der Waals surface area contributed by atoms with E-state index in [1.165, 1.54) is 24.3 Å². The van der Waals surface area contributed by atoms with Gasteiger partial charge in [-0.05, 0) is 74.1 Å². The van der Waals surface area contributed by atoms with Crippen molar-refractivity contribution in [2.45, 2.75) is 64.0 Å². The summed E-state index contributed by atoms with van der Waals surface area (Å²) in [5, 5.41) is 23.0. The van der Waals surface area contributed by atoms with Gasteiger partial charge in [0.25, 0.3) is 5.92 Å². The molecular weight excluding hydrogens is 466 g/mol. The normalized spacial score (nSPS) is 24.1. The number of amides is 1. The molecule has 1 aliphatic heterocycles. The van der Waals surface area contributed by atoms with E-state index in [9.17, 15) is 23.8 Å². The second-order valence-electron chi connectivity index (χ2n) is 9.81. The summed E-state index contributed by atoms with van der Waals surface area (Å²) in [5.41, 5.74) is 1.90. The summed E-state index contributed by atoms with van der Waals surface area (Å²) in [7, 11) is 0. The van der Waals surface area contributed by atoms with E-state index in [0.29, 0.717) is 25.0 Å². The number of carbonyl (C=O) groups excluding carboxylic acids is 1.